The summed E-state index contributed by atoms with van der Waals surface area (Å²) in [4.78, 5) is 23.5. The van der Waals surface area contributed by atoms with Crippen LogP contribution in [0.1, 0.15) is 35.2 Å². The van der Waals surface area contributed by atoms with Gasteiger partial charge >= 0.3 is 5.97 Å². The molecule has 0 spiro atoms. The lowest BCUT2D eigenvalue weighted by molar-refractivity contribution is -0.145. The van der Waals surface area contributed by atoms with E-state index >= 15 is 0 Å². The molecule has 0 unspecified atom stereocenters. The standard InChI is InChI=1S/C18H18O3/c19-17(16-10-5-2-6-11-16)12-7-13-18(20)21-14-15-8-3-1-4-9-15/h1-6,8-11H,7,12-14H2. The molecule has 2 aromatic carbocycles. The van der Waals surface area contributed by atoms with E-state index in [0.717, 1.165) is 5.56 Å². The Balaban J connectivity index is 1.66. The zero-order valence-corrected chi connectivity index (χ0v) is 11.8. The molecule has 0 atom stereocenters. The maximum atomic E-state index is 11.9. The highest BCUT2D eigenvalue weighted by molar-refractivity contribution is 5.96. The Morgan fingerprint density at radius 1 is 0.810 bits per heavy atom. The minimum atomic E-state index is -0.264. The van der Waals surface area contributed by atoms with Gasteiger partial charge in [0.1, 0.15) is 6.61 Å². The van der Waals surface area contributed by atoms with E-state index < -0.39 is 0 Å². The number of benzene rings is 2. The number of hydrogen-bond donors (Lipinski definition) is 0. The van der Waals surface area contributed by atoms with Gasteiger partial charge in [0.15, 0.2) is 5.78 Å². The maximum absolute atomic E-state index is 11.9. The van der Waals surface area contributed by atoms with Crippen molar-refractivity contribution in [3.05, 3.63) is 71.8 Å². The Bertz CT molecular complexity index is 576. The third kappa shape index (κ3) is 5.22. The molecular formula is C18H18O3. The van der Waals surface area contributed by atoms with Crippen LogP contribution in [0.15, 0.2) is 60.7 Å². The zero-order chi connectivity index (χ0) is 14.9. The van der Waals surface area contributed by atoms with Crippen molar-refractivity contribution >= 4 is 11.8 Å². The van der Waals surface area contributed by atoms with Gasteiger partial charge < -0.3 is 4.74 Å². The molecule has 21 heavy (non-hydrogen) atoms. The van der Waals surface area contributed by atoms with E-state index in [-0.39, 0.29) is 24.8 Å². The smallest absolute Gasteiger partial charge is 0.306 e. The number of Topliss-reactive ketones (excluding diaryl/α,β-unsaturated/α-hetero) is 1. The number of carbonyl (C=O) groups is 2. The number of ketones is 1. The monoisotopic (exact) mass is 282 g/mol. The molecule has 0 saturated heterocycles. The van der Waals surface area contributed by atoms with E-state index in [0.29, 0.717) is 18.4 Å². The highest BCUT2D eigenvalue weighted by Gasteiger charge is 2.08. The van der Waals surface area contributed by atoms with Gasteiger partial charge in [-0.3, -0.25) is 9.59 Å². The number of esters is 1. The molecule has 3 nitrogen and oxygen atoms in total. The van der Waals surface area contributed by atoms with E-state index in [2.05, 4.69) is 0 Å². The number of hydrogen-bond acceptors (Lipinski definition) is 3. The first-order valence-electron chi connectivity index (χ1n) is 7.03. The summed E-state index contributed by atoms with van der Waals surface area (Å²) in [5.41, 5.74) is 1.65. The second kappa shape index (κ2) is 8.00. The van der Waals surface area contributed by atoms with Gasteiger partial charge in [-0.1, -0.05) is 60.7 Å². The fourth-order valence-corrected chi connectivity index (χ4v) is 1.97. The Kier molecular flexibility index (Phi) is 5.71. The van der Waals surface area contributed by atoms with Crippen LogP contribution in [0.2, 0.25) is 0 Å². The van der Waals surface area contributed by atoms with Crippen LogP contribution in [0.3, 0.4) is 0 Å². The maximum Gasteiger partial charge on any atom is 0.306 e. The predicted molar refractivity (Wildman–Crippen MR) is 80.9 cm³/mol. The number of ether oxygens (including phenoxy) is 1. The Morgan fingerprint density at radius 2 is 1.43 bits per heavy atom. The summed E-state index contributed by atoms with van der Waals surface area (Å²) in [7, 11) is 0. The Hall–Kier alpha value is -2.42. The van der Waals surface area contributed by atoms with Gasteiger partial charge in [0, 0.05) is 18.4 Å². The molecule has 0 radical (unpaired) electrons. The third-order valence-corrected chi connectivity index (χ3v) is 3.12. The molecule has 2 aromatic rings. The lowest BCUT2D eigenvalue weighted by Crippen LogP contribution is -2.06. The largest absolute Gasteiger partial charge is 0.461 e. The highest BCUT2D eigenvalue weighted by Crippen LogP contribution is 2.08. The fraction of sp³-hybridized carbons (Fsp3) is 0.222. The molecule has 0 aliphatic rings. The van der Waals surface area contributed by atoms with Gasteiger partial charge in [-0.15, -0.1) is 0 Å². The zero-order valence-electron chi connectivity index (χ0n) is 11.8. The molecule has 0 saturated carbocycles. The lowest BCUT2D eigenvalue weighted by atomic mass is 10.1. The van der Waals surface area contributed by atoms with Crippen molar-refractivity contribution in [2.45, 2.75) is 25.9 Å². The van der Waals surface area contributed by atoms with E-state index in [1.165, 1.54) is 0 Å². The summed E-state index contributed by atoms with van der Waals surface area (Å²) >= 11 is 0. The highest BCUT2D eigenvalue weighted by atomic mass is 16.5. The summed E-state index contributed by atoms with van der Waals surface area (Å²) in [6.45, 7) is 0.284. The van der Waals surface area contributed by atoms with Crippen LogP contribution in [0.5, 0.6) is 0 Å². The second-order valence-corrected chi connectivity index (χ2v) is 4.79. The minimum Gasteiger partial charge on any atom is -0.461 e. The topological polar surface area (TPSA) is 43.4 Å². The van der Waals surface area contributed by atoms with Crippen LogP contribution >= 0.6 is 0 Å². The van der Waals surface area contributed by atoms with Gasteiger partial charge in [-0.05, 0) is 12.0 Å². The summed E-state index contributed by atoms with van der Waals surface area (Å²) in [5.74, 6) is -0.203. The van der Waals surface area contributed by atoms with Crippen LogP contribution in [0.25, 0.3) is 0 Å². The van der Waals surface area contributed by atoms with Gasteiger partial charge in [0.05, 0.1) is 0 Å². The molecule has 0 bridgehead atoms. The summed E-state index contributed by atoms with van der Waals surface area (Å²) in [6.07, 6.45) is 1.15. The van der Waals surface area contributed by atoms with Crippen LogP contribution in [0, 0.1) is 0 Å². The normalized spacial score (nSPS) is 10.1. The molecular weight excluding hydrogens is 264 g/mol. The molecule has 0 aromatic heterocycles. The average Bonchev–Trinajstić information content (AvgIpc) is 2.54. The molecule has 0 heterocycles. The molecule has 0 N–H and O–H groups in total. The van der Waals surface area contributed by atoms with Crippen LogP contribution < -0.4 is 0 Å². The van der Waals surface area contributed by atoms with Gasteiger partial charge in [-0.2, -0.15) is 0 Å². The summed E-state index contributed by atoms with van der Waals surface area (Å²) in [5, 5.41) is 0. The second-order valence-electron chi connectivity index (χ2n) is 4.79. The van der Waals surface area contributed by atoms with E-state index in [9.17, 15) is 9.59 Å². The first-order chi connectivity index (χ1) is 10.3. The Morgan fingerprint density at radius 3 is 2.10 bits per heavy atom. The lowest BCUT2D eigenvalue weighted by Gasteiger charge is -2.05. The average molecular weight is 282 g/mol. The third-order valence-electron chi connectivity index (χ3n) is 3.12. The van der Waals surface area contributed by atoms with Crippen molar-refractivity contribution in [1.29, 1.82) is 0 Å². The predicted octanol–water partition coefficient (Wildman–Crippen LogP) is 3.78. The summed E-state index contributed by atoms with van der Waals surface area (Å²) in [6, 6.07) is 18.7. The van der Waals surface area contributed by atoms with Crippen LogP contribution in [0.4, 0.5) is 0 Å². The molecule has 0 fully saturated rings. The molecule has 0 amide bonds. The SMILES string of the molecule is O=C(CCCC(=O)c1ccccc1)OCc1ccccc1. The first kappa shape index (κ1) is 15.0. The van der Waals surface area contributed by atoms with E-state index in [4.69, 9.17) is 4.74 Å². The molecule has 108 valence electrons. The van der Waals surface area contributed by atoms with Crippen molar-refractivity contribution in [3.63, 3.8) is 0 Å². The molecule has 0 aliphatic heterocycles. The van der Waals surface area contributed by atoms with Crippen LogP contribution in [-0.2, 0) is 16.1 Å². The van der Waals surface area contributed by atoms with Crippen molar-refractivity contribution in [2.24, 2.45) is 0 Å². The quantitative estimate of drug-likeness (QED) is 0.573. The van der Waals surface area contributed by atoms with Gasteiger partial charge in [0.25, 0.3) is 0 Å². The summed E-state index contributed by atoms with van der Waals surface area (Å²) < 4.78 is 5.17. The van der Waals surface area contributed by atoms with Crippen molar-refractivity contribution in [1.82, 2.24) is 0 Å². The van der Waals surface area contributed by atoms with Gasteiger partial charge in [0.2, 0.25) is 0 Å². The fourth-order valence-electron chi connectivity index (χ4n) is 1.97. The van der Waals surface area contributed by atoms with Gasteiger partial charge in [-0.25, -0.2) is 0 Å². The number of carbonyl (C=O) groups excluding carboxylic acids is 2. The van der Waals surface area contributed by atoms with Crippen molar-refractivity contribution in [2.75, 3.05) is 0 Å². The Labute approximate surface area is 124 Å². The minimum absolute atomic E-state index is 0.0615. The van der Waals surface area contributed by atoms with Crippen molar-refractivity contribution in [3.8, 4) is 0 Å². The van der Waals surface area contributed by atoms with E-state index in [1.807, 2.05) is 48.5 Å². The molecule has 3 heteroatoms. The van der Waals surface area contributed by atoms with Crippen LogP contribution in [-0.4, -0.2) is 11.8 Å². The molecule has 2 rings (SSSR count). The van der Waals surface area contributed by atoms with Crippen molar-refractivity contribution < 1.29 is 14.3 Å². The first-order valence-corrected chi connectivity index (χ1v) is 7.03. The van der Waals surface area contributed by atoms with E-state index in [1.54, 1.807) is 12.1 Å². The molecule has 0 aliphatic carbocycles. The number of rotatable bonds is 7.